The molecule has 0 atom stereocenters. The zero-order valence-corrected chi connectivity index (χ0v) is 15.5. The van der Waals surface area contributed by atoms with Crippen LogP contribution in [0.3, 0.4) is 0 Å². The van der Waals surface area contributed by atoms with E-state index in [4.69, 9.17) is 10.3 Å². The van der Waals surface area contributed by atoms with Crippen LogP contribution in [0.1, 0.15) is 28.3 Å². The van der Waals surface area contributed by atoms with Gasteiger partial charge in [0.25, 0.3) is 5.89 Å². The summed E-state index contributed by atoms with van der Waals surface area (Å²) < 4.78 is 5.33. The number of pyridine rings is 1. The van der Waals surface area contributed by atoms with Crippen LogP contribution in [-0.4, -0.2) is 21.4 Å². The predicted octanol–water partition coefficient (Wildman–Crippen LogP) is 4.24. The molecule has 6 heteroatoms. The Labute approximate surface area is 151 Å². The fraction of sp³-hybridized carbons (Fsp3) is 0.211. The predicted molar refractivity (Wildman–Crippen MR) is 102 cm³/mol. The van der Waals surface area contributed by atoms with Crippen LogP contribution in [0.15, 0.2) is 39.9 Å². The van der Waals surface area contributed by atoms with Crippen molar-refractivity contribution in [3.63, 3.8) is 0 Å². The summed E-state index contributed by atoms with van der Waals surface area (Å²) in [5, 5.41) is 4.92. The maximum atomic E-state index is 6.35. The SMILES string of the molecule is CSc1nc(C)c(C)c(C)c1/C(N)=C/c1nc(-c2ccccc2)no1. The molecule has 0 bridgehead atoms. The van der Waals surface area contributed by atoms with Gasteiger partial charge in [0.15, 0.2) is 0 Å². The number of rotatable bonds is 4. The van der Waals surface area contributed by atoms with Crippen LogP contribution in [0.4, 0.5) is 0 Å². The normalized spacial score (nSPS) is 11.8. The van der Waals surface area contributed by atoms with E-state index < -0.39 is 0 Å². The van der Waals surface area contributed by atoms with Gasteiger partial charge >= 0.3 is 0 Å². The number of hydrogen-bond acceptors (Lipinski definition) is 6. The molecule has 25 heavy (non-hydrogen) atoms. The third-order valence-electron chi connectivity index (χ3n) is 4.20. The molecule has 0 spiro atoms. The van der Waals surface area contributed by atoms with Gasteiger partial charge in [0.2, 0.25) is 5.82 Å². The van der Waals surface area contributed by atoms with Gasteiger partial charge in [0.05, 0.1) is 0 Å². The average Bonchev–Trinajstić information content (AvgIpc) is 3.08. The Bertz CT molecular complexity index is 932. The van der Waals surface area contributed by atoms with Gasteiger partial charge in [0.1, 0.15) is 5.03 Å². The van der Waals surface area contributed by atoms with E-state index in [1.54, 1.807) is 17.8 Å². The van der Waals surface area contributed by atoms with Gasteiger partial charge in [0, 0.05) is 28.6 Å². The van der Waals surface area contributed by atoms with E-state index in [9.17, 15) is 0 Å². The molecule has 5 nitrogen and oxygen atoms in total. The zero-order chi connectivity index (χ0) is 18.0. The van der Waals surface area contributed by atoms with Crippen LogP contribution >= 0.6 is 11.8 Å². The van der Waals surface area contributed by atoms with Crippen LogP contribution in [0.5, 0.6) is 0 Å². The lowest BCUT2D eigenvalue weighted by Gasteiger charge is -2.14. The zero-order valence-electron chi connectivity index (χ0n) is 14.7. The lowest BCUT2D eigenvalue weighted by molar-refractivity contribution is 0.411. The second-order valence-electron chi connectivity index (χ2n) is 5.75. The van der Waals surface area contributed by atoms with Gasteiger partial charge < -0.3 is 10.3 Å². The molecule has 2 N–H and O–H groups in total. The van der Waals surface area contributed by atoms with Gasteiger partial charge in [-0.1, -0.05) is 35.5 Å². The number of aromatic nitrogens is 3. The molecule has 1 aromatic carbocycles. The minimum Gasteiger partial charge on any atom is -0.398 e. The Kier molecular flexibility index (Phi) is 4.90. The first-order valence-electron chi connectivity index (χ1n) is 7.89. The maximum absolute atomic E-state index is 6.35. The summed E-state index contributed by atoms with van der Waals surface area (Å²) in [6, 6.07) is 9.69. The van der Waals surface area contributed by atoms with E-state index >= 15 is 0 Å². The molecule has 3 aromatic rings. The van der Waals surface area contributed by atoms with Crippen molar-refractivity contribution < 1.29 is 4.52 Å². The first-order valence-corrected chi connectivity index (χ1v) is 9.12. The van der Waals surface area contributed by atoms with E-state index in [0.717, 1.165) is 33.0 Å². The molecular weight excluding hydrogens is 332 g/mol. The van der Waals surface area contributed by atoms with Gasteiger partial charge in [-0.05, 0) is 38.2 Å². The number of benzene rings is 1. The van der Waals surface area contributed by atoms with Gasteiger partial charge in [-0.3, -0.25) is 0 Å². The molecule has 0 radical (unpaired) electrons. The summed E-state index contributed by atoms with van der Waals surface area (Å²) in [6.07, 6.45) is 3.70. The third kappa shape index (κ3) is 3.44. The fourth-order valence-corrected chi connectivity index (χ4v) is 3.31. The Morgan fingerprint density at radius 2 is 1.80 bits per heavy atom. The van der Waals surface area contributed by atoms with E-state index in [2.05, 4.69) is 29.0 Å². The molecule has 0 aliphatic heterocycles. The van der Waals surface area contributed by atoms with E-state index in [-0.39, 0.29) is 0 Å². The van der Waals surface area contributed by atoms with Crippen molar-refractivity contribution in [2.75, 3.05) is 6.26 Å². The van der Waals surface area contributed by atoms with Crippen LogP contribution in [0, 0.1) is 20.8 Å². The Morgan fingerprint density at radius 3 is 2.48 bits per heavy atom. The van der Waals surface area contributed by atoms with Crippen LogP contribution in [-0.2, 0) is 0 Å². The van der Waals surface area contributed by atoms with Crippen molar-refractivity contribution in [3.05, 3.63) is 58.6 Å². The van der Waals surface area contributed by atoms with Crippen molar-refractivity contribution in [3.8, 4) is 11.4 Å². The van der Waals surface area contributed by atoms with Crippen molar-refractivity contribution in [2.45, 2.75) is 25.8 Å². The third-order valence-corrected chi connectivity index (χ3v) is 4.88. The minimum atomic E-state index is 0.376. The standard InChI is InChI=1S/C19H20N4OS/c1-11-12(2)17(19(25-4)21-13(11)3)15(20)10-16-22-18(23-24-16)14-8-6-5-7-9-14/h5-10H,20H2,1-4H3/b15-10-. The molecule has 0 amide bonds. The molecule has 0 aliphatic carbocycles. The molecule has 2 aromatic heterocycles. The summed E-state index contributed by atoms with van der Waals surface area (Å²) in [4.78, 5) is 9.05. The Hall–Kier alpha value is -2.60. The van der Waals surface area contributed by atoms with Gasteiger partial charge in [-0.15, -0.1) is 11.8 Å². The minimum absolute atomic E-state index is 0.376. The lowest BCUT2D eigenvalue weighted by Crippen LogP contribution is -2.06. The topological polar surface area (TPSA) is 77.8 Å². The molecule has 0 saturated heterocycles. The summed E-state index contributed by atoms with van der Waals surface area (Å²) in [5.41, 5.74) is 12.0. The number of thioether (sulfide) groups is 1. The summed E-state index contributed by atoms with van der Waals surface area (Å²) in [6.45, 7) is 6.12. The van der Waals surface area contributed by atoms with Crippen LogP contribution in [0.25, 0.3) is 23.2 Å². The largest absolute Gasteiger partial charge is 0.398 e. The number of aryl methyl sites for hydroxylation is 1. The summed E-state index contributed by atoms with van der Waals surface area (Å²) >= 11 is 1.57. The van der Waals surface area contributed by atoms with Crippen molar-refractivity contribution >= 4 is 23.5 Å². The van der Waals surface area contributed by atoms with Crippen LogP contribution in [0.2, 0.25) is 0 Å². The van der Waals surface area contributed by atoms with Crippen molar-refractivity contribution in [1.82, 2.24) is 15.1 Å². The van der Waals surface area contributed by atoms with E-state index in [1.165, 1.54) is 0 Å². The Morgan fingerprint density at radius 1 is 1.08 bits per heavy atom. The van der Waals surface area contributed by atoms with E-state index in [0.29, 0.717) is 17.4 Å². The highest BCUT2D eigenvalue weighted by Crippen LogP contribution is 2.30. The monoisotopic (exact) mass is 352 g/mol. The average molecular weight is 352 g/mol. The van der Waals surface area contributed by atoms with Crippen molar-refractivity contribution in [1.29, 1.82) is 0 Å². The molecule has 0 aliphatic rings. The van der Waals surface area contributed by atoms with Crippen LogP contribution < -0.4 is 5.73 Å². The highest BCUT2D eigenvalue weighted by molar-refractivity contribution is 7.98. The number of nitrogens with two attached hydrogens (primary N) is 1. The van der Waals surface area contributed by atoms with Crippen molar-refractivity contribution in [2.24, 2.45) is 5.73 Å². The first kappa shape index (κ1) is 17.2. The first-order chi connectivity index (χ1) is 12.0. The molecule has 0 saturated carbocycles. The molecule has 128 valence electrons. The molecular formula is C19H20N4OS. The fourth-order valence-electron chi connectivity index (χ4n) is 2.60. The number of hydrogen-bond donors (Lipinski definition) is 1. The smallest absolute Gasteiger partial charge is 0.253 e. The summed E-state index contributed by atoms with van der Waals surface area (Å²) in [5.74, 6) is 0.917. The molecule has 3 rings (SSSR count). The highest BCUT2D eigenvalue weighted by Gasteiger charge is 2.15. The molecule has 0 fully saturated rings. The quantitative estimate of drug-likeness (QED) is 0.708. The lowest BCUT2D eigenvalue weighted by atomic mass is 10.0. The Balaban J connectivity index is 2.01. The second kappa shape index (κ2) is 7.11. The van der Waals surface area contributed by atoms with Gasteiger partial charge in [-0.25, -0.2) is 4.98 Å². The number of nitrogens with zero attached hydrogens (tertiary/aromatic N) is 3. The summed E-state index contributed by atoms with van der Waals surface area (Å²) in [7, 11) is 0. The van der Waals surface area contributed by atoms with E-state index in [1.807, 2.05) is 43.5 Å². The highest BCUT2D eigenvalue weighted by atomic mass is 32.2. The molecule has 2 heterocycles. The second-order valence-corrected chi connectivity index (χ2v) is 6.55. The maximum Gasteiger partial charge on any atom is 0.253 e. The van der Waals surface area contributed by atoms with Gasteiger partial charge in [-0.2, -0.15) is 4.98 Å². The molecule has 0 unspecified atom stereocenters.